The number of piperidine rings is 1. The van der Waals surface area contributed by atoms with Gasteiger partial charge in [-0.25, -0.2) is 4.98 Å². The summed E-state index contributed by atoms with van der Waals surface area (Å²) in [6.07, 6.45) is 1.52. The van der Waals surface area contributed by atoms with E-state index in [4.69, 9.17) is 0 Å². The molecule has 1 aromatic heterocycles. The Hall–Kier alpha value is -1.17. The van der Waals surface area contributed by atoms with Crippen LogP contribution in [0.5, 0.6) is 0 Å². The standard InChI is InChI=1S/C11H18N4OS/c1-7(2)10-13-11(17-14-10)12-8-4-5-15(3)9(16)6-8/h7-8H,4-6H2,1-3H3,(H,12,13,14). The molecule has 17 heavy (non-hydrogen) atoms. The zero-order chi connectivity index (χ0) is 12.4. The van der Waals surface area contributed by atoms with Crippen LogP contribution in [0.1, 0.15) is 38.4 Å². The lowest BCUT2D eigenvalue weighted by atomic mass is 10.1. The van der Waals surface area contributed by atoms with Crippen LogP contribution in [0, 0.1) is 0 Å². The molecular weight excluding hydrogens is 236 g/mol. The molecule has 0 aromatic carbocycles. The highest BCUT2D eigenvalue weighted by molar-refractivity contribution is 7.09. The fourth-order valence-electron chi connectivity index (χ4n) is 1.77. The summed E-state index contributed by atoms with van der Waals surface area (Å²) >= 11 is 1.38. The molecule has 0 saturated carbocycles. The number of nitrogens with zero attached hydrogens (tertiary/aromatic N) is 3. The number of amides is 1. The van der Waals surface area contributed by atoms with Crippen molar-refractivity contribution in [2.45, 2.75) is 38.6 Å². The summed E-state index contributed by atoms with van der Waals surface area (Å²) in [5.41, 5.74) is 0. The summed E-state index contributed by atoms with van der Waals surface area (Å²) in [5.74, 6) is 1.42. The molecule has 0 bridgehead atoms. The SMILES string of the molecule is CC(C)c1nsc(NC2CCN(C)C(=O)C2)n1. The van der Waals surface area contributed by atoms with E-state index in [2.05, 4.69) is 28.5 Å². The van der Waals surface area contributed by atoms with Crippen molar-refractivity contribution in [3.63, 3.8) is 0 Å². The second kappa shape index (κ2) is 5.00. The number of aromatic nitrogens is 2. The zero-order valence-electron chi connectivity index (χ0n) is 10.4. The molecular formula is C11H18N4OS. The highest BCUT2D eigenvalue weighted by atomic mass is 32.1. The molecule has 1 fully saturated rings. The van der Waals surface area contributed by atoms with Crippen LogP contribution >= 0.6 is 11.5 Å². The van der Waals surface area contributed by atoms with Gasteiger partial charge < -0.3 is 10.2 Å². The lowest BCUT2D eigenvalue weighted by Crippen LogP contribution is -2.40. The Kier molecular flexibility index (Phi) is 3.61. The predicted octanol–water partition coefficient (Wildman–Crippen LogP) is 1.69. The van der Waals surface area contributed by atoms with Gasteiger partial charge in [0.15, 0.2) is 0 Å². The van der Waals surface area contributed by atoms with E-state index in [0.29, 0.717) is 12.3 Å². The fraction of sp³-hybridized carbons (Fsp3) is 0.727. The van der Waals surface area contributed by atoms with E-state index in [1.54, 1.807) is 4.90 Å². The van der Waals surface area contributed by atoms with Crippen LogP contribution in [0.4, 0.5) is 5.13 Å². The van der Waals surface area contributed by atoms with Crippen LogP contribution < -0.4 is 5.32 Å². The quantitative estimate of drug-likeness (QED) is 0.892. The van der Waals surface area contributed by atoms with Crippen molar-refractivity contribution >= 4 is 22.6 Å². The molecule has 6 heteroatoms. The molecule has 0 aliphatic carbocycles. The largest absolute Gasteiger partial charge is 0.357 e. The average molecular weight is 254 g/mol. The molecule has 0 spiro atoms. The van der Waals surface area contributed by atoms with Gasteiger partial charge in [0.2, 0.25) is 11.0 Å². The maximum Gasteiger partial charge on any atom is 0.224 e. The molecule has 1 amide bonds. The van der Waals surface area contributed by atoms with E-state index >= 15 is 0 Å². The molecule has 2 rings (SSSR count). The van der Waals surface area contributed by atoms with Gasteiger partial charge in [0.05, 0.1) is 0 Å². The normalized spacial score (nSPS) is 21.1. The fourth-order valence-corrected chi connectivity index (χ4v) is 2.55. The summed E-state index contributed by atoms with van der Waals surface area (Å²) in [4.78, 5) is 17.8. The number of carbonyl (C=O) groups excluding carboxylic acids is 1. The Labute approximate surface area is 105 Å². The molecule has 5 nitrogen and oxygen atoms in total. The number of anilines is 1. The van der Waals surface area contributed by atoms with Crippen molar-refractivity contribution in [2.24, 2.45) is 0 Å². The lowest BCUT2D eigenvalue weighted by Gasteiger charge is -2.28. The number of nitrogens with one attached hydrogen (secondary N) is 1. The second-order valence-electron chi connectivity index (χ2n) is 4.76. The van der Waals surface area contributed by atoms with Crippen LogP contribution in [-0.2, 0) is 4.79 Å². The van der Waals surface area contributed by atoms with Crippen molar-refractivity contribution < 1.29 is 4.79 Å². The van der Waals surface area contributed by atoms with Crippen molar-refractivity contribution in [1.82, 2.24) is 14.3 Å². The molecule has 1 saturated heterocycles. The Bertz CT molecular complexity index is 404. The van der Waals surface area contributed by atoms with E-state index in [0.717, 1.165) is 23.9 Å². The molecule has 1 aliphatic heterocycles. The van der Waals surface area contributed by atoms with Crippen LogP contribution in [0.3, 0.4) is 0 Å². The van der Waals surface area contributed by atoms with Crippen LogP contribution in [0.15, 0.2) is 0 Å². The van der Waals surface area contributed by atoms with Gasteiger partial charge in [-0.3, -0.25) is 4.79 Å². The van der Waals surface area contributed by atoms with Crippen molar-refractivity contribution in [2.75, 3.05) is 18.9 Å². The molecule has 1 atom stereocenters. The summed E-state index contributed by atoms with van der Waals surface area (Å²) in [7, 11) is 1.85. The lowest BCUT2D eigenvalue weighted by molar-refractivity contribution is -0.132. The van der Waals surface area contributed by atoms with Gasteiger partial charge in [0.25, 0.3) is 0 Å². The topological polar surface area (TPSA) is 58.1 Å². The smallest absolute Gasteiger partial charge is 0.224 e. The van der Waals surface area contributed by atoms with Gasteiger partial charge in [0.1, 0.15) is 5.82 Å². The van der Waals surface area contributed by atoms with Gasteiger partial charge in [-0.1, -0.05) is 13.8 Å². The molecule has 0 radical (unpaired) electrons. The number of rotatable bonds is 3. The molecule has 1 aromatic rings. The number of hydrogen-bond acceptors (Lipinski definition) is 5. The third-order valence-corrected chi connectivity index (χ3v) is 3.61. The Morgan fingerprint density at radius 2 is 2.29 bits per heavy atom. The van der Waals surface area contributed by atoms with Gasteiger partial charge in [-0.05, 0) is 6.42 Å². The summed E-state index contributed by atoms with van der Waals surface area (Å²) < 4.78 is 4.29. The van der Waals surface area contributed by atoms with Crippen LogP contribution in [0.2, 0.25) is 0 Å². The van der Waals surface area contributed by atoms with Crippen molar-refractivity contribution in [1.29, 1.82) is 0 Å². The second-order valence-corrected chi connectivity index (χ2v) is 5.51. The Balaban J connectivity index is 1.94. The van der Waals surface area contributed by atoms with E-state index in [1.165, 1.54) is 11.5 Å². The van der Waals surface area contributed by atoms with Crippen molar-refractivity contribution in [3.8, 4) is 0 Å². The van der Waals surface area contributed by atoms with Gasteiger partial charge in [-0.15, -0.1) is 0 Å². The molecule has 1 aliphatic rings. The Morgan fingerprint density at radius 1 is 1.53 bits per heavy atom. The molecule has 2 heterocycles. The first kappa shape index (κ1) is 12.3. The average Bonchev–Trinajstić information content (AvgIpc) is 2.72. The van der Waals surface area contributed by atoms with Crippen LogP contribution in [0.25, 0.3) is 0 Å². The van der Waals surface area contributed by atoms with Crippen molar-refractivity contribution in [3.05, 3.63) is 5.82 Å². The number of likely N-dealkylation sites (tertiary alicyclic amines) is 1. The highest BCUT2D eigenvalue weighted by Gasteiger charge is 2.23. The third kappa shape index (κ3) is 2.94. The maximum absolute atomic E-state index is 11.6. The monoisotopic (exact) mass is 254 g/mol. The summed E-state index contributed by atoms with van der Waals surface area (Å²) in [6.45, 7) is 4.96. The first-order valence-electron chi connectivity index (χ1n) is 5.90. The van der Waals surface area contributed by atoms with E-state index in [-0.39, 0.29) is 11.9 Å². The zero-order valence-corrected chi connectivity index (χ0v) is 11.3. The summed E-state index contributed by atoms with van der Waals surface area (Å²) in [6, 6.07) is 0.201. The van der Waals surface area contributed by atoms with E-state index < -0.39 is 0 Å². The van der Waals surface area contributed by atoms with Crippen LogP contribution in [-0.4, -0.2) is 39.8 Å². The molecule has 94 valence electrons. The minimum atomic E-state index is 0.197. The third-order valence-electron chi connectivity index (χ3n) is 2.95. The summed E-state index contributed by atoms with van der Waals surface area (Å²) in [5, 5.41) is 4.13. The first-order valence-corrected chi connectivity index (χ1v) is 6.67. The number of carbonyl (C=O) groups is 1. The van der Waals surface area contributed by atoms with E-state index in [1.807, 2.05) is 7.05 Å². The highest BCUT2D eigenvalue weighted by Crippen LogP contribution is 2.21. The number of hydrogen-bond donors (Lipinski definition) is 1. The molecule has 1 unspecified atom stereocenters. The predicted molar refractivity (Wildman–Crippen MR) is 68.3 cm³/mol. The maximum atomic E-state index is 11.6. The van der Waals surface area contributed by atoms with Gasteiger partial charge >= 0.3 is 0 Å². The molecule has 1 N–H and O–H groups in total. The first-order chi connectivity index (χ1) is 8.06. The van der Waals surface area contributed by atoms with E-state index in [9.17, 15) is 4.79 Å². The van der Waals surface area contributed by atoms with Gasteiger partial charge in [-0.2, -0.15) is 4.37 Å². The van der Waals surface area contributed by atoms with Gasteiger partial charge in [0, 0.05) is 43.5 Å². The minimum absolute atomic E-state index is 0.197. The Morgan fingerprint density at radius 3 is 2.88 bits per heavy atom. The minimum Gasteiger partial charge on any atom is -0.357 e.